The molecule has 8 heteroatoms. The van der Waals surface area contributed by atoms with E-state index in [9.17, 15) is 0 Å². The van der Waals surface area contributed by atoms with Crippen LogP contribution in [0.3, 0.4) is 0 Å². The minimum Gasteiger partial charge on any atom is -0.382 e. The molecule has 0 bridgehead atoms. The van der Waals surface area contributed by atoms with Gasteiger partial charge in [0, 0.05) is 7.11 Å². The van der Waals surface area contributed by atoms with Crippen LogP contribution in [-0.4, -0.2) is 124 Å². The van der Waals surface area contributed by atoms with Gasteiger partial charge in [0.15, 0.2) is 0 Å². The lowest BCUT2D eigenvalue weighted by molar-refractivity contribution is -0.923. The van der Waals surface area contributed by atoms with Crippen molar-refractivity contribution in [2.75, 3.05) is 119 Å². The molecule has 0 aliphatic heterocycles. The highest BCUT2D eigenvalue weighted by Gasteiger charge is 2.19. The molecular weight excluding hydrogens is 378 g/mol. The third-order valence-corrected chi connectivity index (χ3v) is 5.01. The number of methoxy groups -OCH3 is 1. The Hall–Kier alpha value is -0.320. The van der Waals surface area contributed by atoms with E-state index in [1.54, 1.807) is 7.11 Å². The molecule has 29 heavy (non-hydrogen) atoms. The van der Waals surface area contributed by atoms with Gasteiger partial charge in [-0.15, -0.1) is 0 Å². The van der Waals surface area contributed by atoms with Gasteiger partial charge >= 0.3 is 0 Å². The summed E-state index contributed by atoms with van der Waals surface area (Å²) >= 11 is 0. The summed E-state index contributed by atoms with van der Waals surface area (Å²) in [5.74, 6) is 0. The monoisotopic (exact) mass is 424 g/mol. The fraction of sp³-hybridized carbons (Fsp3) is 1.00. The highest BCUT2D eigenvalue weighted by molar-refractivity contribution is 4.40. The molecular formula is C21H46NO7+. The maximum atomic E-state index is 5.69. The summed E-state index contributed by atoms with van der Waals surface area (Å²) in [6, 6.07) is 0. The second-order valence-electron chi connectivity index (χ2n) is 6.68. The van der Waals surface area contributed by atoms with E-state index < -0.39 is 0 Å². The van der Waals surface area contributed by atoms with E-state index in [1.807, 2.05) is 0 Å². The lowest BCUT2D eigenvalue weighted by Gasteiger charge is -2.35. The van der Waals surface area contributed by atoms with Crippen LogP contribution in [0.2, 0.25) is 0 Å². The SMILES string of the molecule is CC[N+](CC)(CC)CCOCCOCCOCCOCCOCCOCCOC. The number of quaternary nitrogens is 1. The molecule has 176 valence electrons. The third-order valence-electron chi connectivity index (χ3n) is 5.01. The number of hydrogen-bond acceptors (Lipinski definition) is 7. The summed E-state index contributed by atoms with van der Waals surface area (Å²) in [7, 11) is 1.65. The van der Waals surface area contributed by atoms with E-state index in [0.29, 0.717) is 79.3 Å². The molecule has 0 aromatic carbocycles. The molecule has 0 aliphatic carbocycles. The van der Waals surface area contributed by atoms with Crippen LogP contribution < -0.4 is 0 Å². The smallest absolute Gasteiger partial charge is 0.102 e. The molecule has 0 heterocycles. The topological polar surface area (TPSA) is 64.6 Å². The second kappa shape index (κ2) is 22.4. The van der Waals surface area contributed by atoms with Crippen molar-refractivity contribution in [3.05, 3.63) is 0 Å². The summed E-state index contributed by atoms with van der Waals surface area (Å²) in [5.41, 5.74) is 0. The lowest BCUT2D eigenvalue weighted by atomic mass is 10.3. The predicted octanol–water partition coefficient (Wildman–Crippen LogP) is 1.61. The number of rotatable bonds is 24. The summed E-state index contributed by atoms with van der Waals surface area (Å²) in [6.45, 7) is 19.1. The highest BCUT2D eigenvalue weighted by Crippen LogP contribution is 2.04. The Bertz CT molecular complexity index is 309. The Kier molecular flexibility index (Phi) is 22.1. The van der Waals surface area contributed by atoms with Gasteiger partial charge in [0.1, 0.15) is 6.54 Å². The largest absolute Gasteiger partial charge is 0.382 e. The molecule has 0 saturated heterocycles. The van der Waals surface area contributed by atoms with Crippen molar-refractivity contribution >= 4 is 0 Å². The van der Waals surface area contributed by atoms with Crippen molar-refractivity contribution in [1.82, 2.24) is 0 Å². The fourth-order valence-electron chi connectivity index (χ4n) is 2.75. The minimum atomic E-state index is 0.559. The Balaban J connectivity index is 3.17. The van der Waals surface area contributed by atoms with Crippen molar-refractivity contribution in [2.45, 2.75) is 20.8 Å². The molecule has 0 fully saturated rings. The second-order valence-corrected chi connectivity index (χ2v) is 6.68. The van der Waals surface area contributed by atoms with Gasteiger partial charge in [-0.05, 0) is 20.8 Å². The first-order valence-corrected chi connectivity index (χ1v) is 11.0. The van der Waals surface area contributed by atoms with E-state index in [-0.39, 0.29) is 0 Å². The number of likely N-dealkylation sites (N-methyl/N-ethyl adjacent to an activating group) is 1. The van der Waals surface area contributed by atoms with Crippen LogP contribution in [0, 0.1) is 0 Å². The Labute approximate surface area is 178 Å². The van der Waals surface area contributed by atoms with Crippen molar-refractivity contribution < 1.29 is 37.6 Å². The Morgan fingerprint density at radius 2 is 0.690 bits per heavy atom. The maximum Gasteiger partial charge on any atom is 0.102 e. The summed E-state index contributed by atoms with van der Waals surface area (Å²) in [4.78, 5) is 0. The van der Waals surface area contributed by atoms with Gasteiger partial charge in [-0.3, -0.25) is 0 Å². The number of hydrogen-bond donors (Lipinski definition) is 0. The highest BCUT2D eigenvalue weighted by atomic mass is 16.6. The standard InChI is InChI=1S/C21H46NO7/c1-5-22(6-2,7-3)8-9-24-12-13-26-16-17-28-20-21-29-19-18-27-15-14-25-11-10-23-4/h5-21H2,1-4H3/q+1. The molecule has 0 unspecified atom stereocenters. The van der Waals surface area contributed by atoms with Crippen molar-refractivity contribution in [3.63, 3.8) is 0 Å². The minimum absolute atomic E-state index is 0.559. The molecule has 0 N–H and O–H groups in total. The van der Waals surface area contributed by atoms with Crippen LogP contribution in [0.15, 0.2) is 0 Å². The van der Waals surface area contributed by atoms with Gasteiger partial charge in [-0.25, -0.2) is 0 Å². The van der Waals surface area contributed by atoms with Crippen LogP contribution in [0.4, 0.5) is 0 Å². The molecule has 0 atom stereocenters. The zero-order valence-electron chi connectivity index (χ0n) is 19.3. The normalized spacial score (nSPS) is 12.0. The summed E-state index contributed by atoms with van der Waals surface area (Å²) < 4.78 is 38.8. The van der Waals surface area contributed by atoms with E-state index in [1.165, 1.54) is 0 Å². The quantitative estimate of drug-likeness (QED) is 0.172. The van der Waals surface area contributed by atoms with Gasteiger partial charge in [-0.2, -0.15) is 0 Å². The molecule has 0 rings (SSSR count). The summed E-state index contributed by atoms with van der Waals surface area (Å²) in [5, 5.41) is 0. The number of ether oxygens (including phenoxy) is 7. The average Bonchev–Trinajstić information content (AvgIpc) is 2.75. The van der Waals surface area contributed by atoms with Crippen LogP contribution in [0.25, 0.3) is 0 Å². The molecule has 0 saturated carbocycles. The average molecular weight is 425 g/mol. The van der Waals surface area contributed by atoms with Gasteiger partial charge in [-0.1, -0.05) is 0 Å². The lowest BCUT2D eigenvalue weighted by Crippen LogP contribution is -2.49. The van der Waals surface area contributed by atoms with Crippen LogP contribution in [0.1, 0.15) is 20.8 Å². The van der Waals surface area contributed by atoms with Crippen LogP contribution in [-0.2, 0) is 33.2 Å². The molecule has 0 aromatic heterocycles. The van der Waals surface area contributed by atoms with Crippen molar-refractivity contribution in [3.8, 4) is 0 Å². The molecule has 0 spiro atoms. The van der Waals surface area contributed by atoms with E-state index in [0.717, 1.165) is 37.3 Å². The zero-order valence-corrected chi connectivity index (χ0v) is 19.3. The molecule has 8 nitrogen and oxygen atoms in total. The number of nitrogens with zero attached hydrogens (tertiary/aromatic N) is 1. The maximum absolute atomic E-state index is 5.69. The zero-order chi connectivity index (χ0) is 21.5. The van der Waals surface area contributed by atoms with Crippen molar-refractivity contribution in [1.29, 1.82) is 0 Å². The predicted molar refractivity (Wildman–Crippen MR) is 114 cm³/mol. The van der Waals surface area contributed by atoms with Gasteiger partial charge in [0.05, 0.1) is 106 Å². The Morgan fingerprint density at radius 3 is 0.966 bits per heavy atom. The molecule has 0 radical (unpaired) electrons. The van der Waals surface area contributed by atoms with Crippen molar-refractivity contribution in [2.24, 2.45) is 0 Å². The Morgan fingerprint density at radius 1 is 0.414 bits per heavy atom. The van der Waals surface area contributed by atoms with Crippen LogP contribution >= 0.6 is 0 Å². The van der Waals surface area contributed by atoms with E-state index in [2.05, 4.69) is 20.8 Å². The first kappa shape index (κ1) is 28.7. The third kappa shape index (κ3) is 18.2. The fourth-order valence-corrected chi connectivity index (χ4v) is 2.75. The molecule has 0 amide bonds. The first-order valence-electron chi connectivity index (χ1n) is 11.0. The molecule has 0 aromatic rings. The first-order chi connectivity index (χ1) is 14.2. The van der Waals surface area contributed by atoms with E-state index in [4.69, 9.17) is 33.2 Å². The van der Waals surface area contributed by atoms with E-state index >= 15 is 0 Å². The molecule has 0 aliphatic rings. The van der Waals surface area contributed by atoms with Gasteiger partial charge < -0.3 is 37.6 Å². The summed E-state index contributed by atoms with van der Waals surface area (Å²) in [6.07, 6.45) is 0. The van der Waals surface area contributed by atoms with Gasteiger partial charge in [0.25, 0.3) is 0 Å². The van der Waals surface area contributed by atoms with Gasteiger partial charge in [0.2, 0.25) is 0 Å². The van der Waals surface area contributed by atoms with Crippen LogP contribution in [0.5, 0.6) is 0 Å².